The van der Waals surface area contributed by atoms with Crippen molar-refractivity contribution in [3.05, 3.63) is 50.2 Å². The maximum atomic E-state index is 4.61. The first-order valence-corrected chi connectivity index (χ1v) is 11.6. The Balaban J connectivity index is 1.80. The largest absolute Gasteiger partial charge is 0.172 e. The van der Waals surface area contributed by atoms with E-state index in [4.69, 9.17) is 0 Å². The molecule has 0 saturated carbocycles. The number of hydrogen-bond donors (Lipinski definition) is 0. The van der Waals surface area contributed by atoms with Gasteiger partial charge in [-0.3, -0.25) is 0 Å². The molecule has 0 spiro atoms. The normalized spacial score (nSPS) is 11.8. The first-order chi connectivity index (χ1) is 12.3. The highest BCUT2D eigenvalue weighted by Gasteiger charge is 2.15. The van der Waals surface area contributed by atoms with E-state index in [2.05, 4.69) is 80.7 Å². The molecule has 0 aliphatic carbocycles. The molecule has 1 aromatic carbocycles. The number of nitrogens with zero attached hydrogens (tertiary/aromatic N) is 2. The number of thiophene rings is 2. The molecule has 0 aliphatic heterocycles. The molecule has 4 rings (SSSR count). The van der Waals surface area contributed by atoms with Crippen LogP contribution in [-0.4, -0.2) is 8.75 Å². The summed E-state index contributed by atoms with van der Waals surface area (Å²) in [5.74, 6) is 0. The summed E-state index contributed by atoms with van der Waals surface area (Å²) in [6, 6.07) is 13.2. The van der Waals surface area contributed by atoms with Crippen LogP contribution in [0.3, 0.4) is 0 Å². The Bertz CT molecular complexity index is 1040. The van der Waals surface area contributed by atoms with Crippen LogP contribution in [0.25, 0.3) is 38.0 Å². The maximum absolute atomic E-state index is 4.61. The standard InChI is InChI=1S/C19H15IN2S3/c1-2-3-12-4-8-16(23-12)14-6-7-15(19-18(14)21-25-22-19)17-9-5-13(24-17)10-11-20/h4-11H,2-3H2,1H3/b11-10+. The Morgan fingerprint density at radius 3 is 2.28 bits per heavy atom. The molecule has 0 N–H and O–H groups in total. The van der Waals surface area contributed by atoms with Crippen LogP contribution in [0.4, 0.5) is 0 Å². The zero-order valence-corrected chi connectivity index (χ0v) is 18.1. The fourth-order valence-corrected chi connectivity index (χ4v) is 6.09. The van der Waals surface area contributed by atoms with Crippen LogP contribution >= 0.6 is 57.0 Å². The monoisotopic (exact) mass is 494 g/mol. The van der Waals surface area contributed by atoms with E-state index in [0.29, 0.717) is 0 Å². The number of benzene rings is 1. The van der Waals surface area contributed by atoms with Crippen molar-refractivity contribution in [3.8, 4) is 20.9 Å². The van der Waals surface area contributed by atoms with Crippen molar-refractivity contribution < 1.29 is 0 Å². The molecule has 126 valence electrons. The molecule has 25 heavy (non-hydrogen) atoms. The summed E-state index contributed by atoms with van der Waals surface area (Å²) in [4.78, 5) is 5.22. The third kappa shape index (κ3) is 3.45. The molecule has 0 bridgehead atoms. The third-order valence-corrected chi connectivity index (χ3v) is 7.11. The van der Waals surface area contributed by atoms with Crippen LogP contribution in [-0.2, 0) is 6.42 Å². The van der Waals surface area contributed by atoms with Gasteiger partial charge < -0.3 is 0 Å². The van der Waals surface area contributed by atoms with E-state index in [9.17, 15) is 0 Å². The third-order valence-electron chi connectivity index (χ3n) is 3.96. The summed E-state index contributed by atoms with van der Waals surface area (Å²) in [7, 11) is 0. The minimum atomic E-state index is 1.01. The Morgan fingerprint density at radius 2 is 1.60 bits per heavy atom. The molecule has 4 aromatic rings. The van der Waals surface area contributed by atoms with Crippen LogP contribution in [0.1, 0.15) is 23.1 Å². The van der Waals surface area contributed by atoms with Gasteiger partial charge in [-0.2, -0.15) is 8.75 Å². The Labute approximate surface area is 172 Å². The van der Waals surface area contributed by atoms with Crippen LogP contribution in [0.2, 0.25) is 0 Å². The van der Waals surface area contributed by atoms with Crippen molar-refractivity contribution >= 4 is 74.1 Å². The van der Waals surface area contributed by atoms with Gasteiger partial charge in [-0.15, -0.1) is 22.7 Å². The first-order valence-electron chi connectivity index (χ1n) is 8.01. The highest BCUT2D eigenvalue weighted by Crippen LogP contribution is 2.39. The van der Waals surface area contributed by atoms with Gasteiger partial charge in [0.05, 0.1) is 11.7 Å². The van der Waals surface area contributed by atoms with Gasteiger partial charge in [-0.05, 0) is 40.8 Å². The number of aryl methyl sites for hydroxylation is 1. The van der Waals surface area contributed by atoms with Crippen molar-refractivity contribution in [1.29, 1.82) is 0 Å². The van der Waals surface area contributed by atoms with Crippen molar-refractivity contribution in [3.63, 3.8) is 0 Å². The van der Waals surface area contributed by atoms with Gasteiger partial charge >= 0.3 is 0 Å². The quantitative estimate of drug-likeness (QED) is 0.269. The average molecular weight is 494 g/mol. The fraction of sp³-hybridized carbons (Fsp3) is 0.158. The van der Waals surface area contributed by atoms with Crippen LogP contribution in [0.15, 0.2) is 40.5 Å². The minimum Gasteiger partial charge on any atom is -0.172 e. The second-order valence-corrected chi connectivity index (χ2v) is 9.16. The smallest absolute Gasteiger partial charge is 0.114 e. The van der Waals surface area contributed by atoms with E-state index in [0.717, 1.165) is 17.5 Å². The zero-order valence-electron chi connectivity index (χ0n) is 13.5. The highest BCUT2D eigenvalue weighted by molar-refractivity contribution is 14.1. The Kier molecular flexibility index (Phi) is 5.30. The van der Waals surface area contributed by atoms with Gasteiger partial charge in [0, 0.05) is 30.6 Å². The van der Waals surface area contributed by atoms with Gasteiger partial charge in [0.15, 0.2) is 0 Å². The lowest BCUT2D eigenvalue weighted by molar-refractivity contribution is 0.940. The van der Waals surface area contributed by atoms with Gasteiger partial charge in [0.25, 0.3) is 0 Å². The predicted octanol–water partition coefficient (Wildman–Crippen LogP) is 7.51. The number of aromatic nitrogens is 2. The summed E-state index contributed by atoms with van der Waals surface area (Å²) in [5.41, 5.74) is 4.41. The van der Waals surface area contributed by atoms with E-state index in [-0.39, 0.29) is 0 Å². The summed E-state index contributed by atoms with van der Waals surface area (Å²) in [6.07, 6.45) is 4.45. The molecular formula is C19H15IN2S3. The van der Waals surface area contributed by atoms with Crippen molar-refractivity contribution in [2.75, 3.05) is 0 Å². The van der Waals surface area contributed by atoms with E-state index >= 15 is 0 Å². The lowest BCUT2D eigenvalue weighted by atomic mass is 10.1. The molecule has 3 aromatic heterocycles. The Hall–Kier alpha value is -1.09. The zero-order chi connectivity index (χ0) is 17.2. The summed E-state index contributed by atoms with van der Waals surface area (Å²) in [6.45, 7) is 2.22. The fourth-order valence-electron chi connectivity index (χ4n) is 2.82. The lowest BCUT2D eigenvalue weighted by Gasteiger charge is -2.03. The molecular weight excluding hydrogens is 479 g/mol. The van der Waals surface area contributed by atoms with Gasteiger partial charge in [-0.1, -0.05) is 48.1 Å². The molecule has 6 heteroatoms. The van der Waals surface area contributed by atoms with Crippen LogP contribution in [0, 0.1) is 0 Å². The molecule has 0 radical (unpaired) electrons. The number of hydrogen-bond acceptors (Lipinski definition) is 5. The first kappa shape index (κ1) is 17.3. The van der Waals surface area contributed by atoms with E-state index in [1.54, 1.807) is 11.3 Å². The maximum Gasteiger partial charge on any atom is 0.114 e. The summed E-state index contributed by atoms with van der Waals surface area (Å²) >= 11 is 7.21. The van der Waals surface area contributed by atoms with Crippen molar-refractivity contribution in [2.45, 2.75) is 19.8 Å². The molecule has 2 nitrogen and oxygen atoms in total. The van der Waals surface area contributed by atoms with Crippen molar-refractivity contribution in [1.82, 2.24) is 8.75 Å². The predicted molar refractivity (Wildman–Crippen MR) is 121 cm³/mol. The Morgan fingerprint density at radius 1 is 0.920 bits per heavy atom. The second-order valence-electron chi connectivity index (χ2n) is 5.63. The molecule has 0 fully saturated rings. The van der Waals surface area contributed by atoms with Crippen molar-refractivity contribution in [2.24, 2.45) is 0 Å². The van der Waals surface area contributed by atoms with E-state index in [1.807, 2.05) is 15.4 Å². The molecule has 3 heterocycles. The molecule has 0 amide bonds. The van der Waals surface area contributed by atoms with Gasteiger partial charge in [-0.25, -0.2) is 0 Å². The minimum absolute atomic E-state index is 1.01. The molecule has 0 aliphatic rings. The topological polar surface area (TPSA) is 25.8 Å². The van der Waals surface area contributed by atoms with E-state index < -0.39 is 0 Å². The summed E-state index contributed by atoms with van der Waals surface area (Å²) < 4.78 is 11.3. The molecule has 0 atom stereocenters. The summed E-state index contributed by atoms with van der Waals surface area (Å²) in [5, 5.41) is 0. The van der Waals surface area contributed by atoms with E-state index in [1.165, 1.54) is 48.8 Å². The lowest BCUT2D eigenvalue weighted by Crippen LogP contribution is -1.81. The van der Waals surface area contributed by atoms with Gasteiger partial charge in [0.2, 0.25) is 0 Å². The SMILES string of the molecule is CCCc1ccc(-c2ccc(-c3ccc(/C=C/I)s3)c3nsnc23)s1. The molecule has 0 saturated heterocycles. The number of halogens is 1. The average Bonchev–Trinajstić information content (AvgIpc) is 3.35. The number of rotatable bonds is 5. The number of fused-ring (bicyclic) bond motifs is 1. The van der Waals surface area contributed by atoms with Crippen LogP contribution < -0.4 is 0 Å². The van der Waals surface area contributed by atoms with Gasteiger partial charge in [0.1, 0.15) is 11.0 Å². The molecule has 0 unspecified atom stereocenters. The highest BCUT2D eigenvalue weighted by atomic mass is 127. The van der Waals surface area contributed by atoms with Crippen LogP contribution in [0.5, 0.6) is 0 Å². The second kappa shape index (κ2) is 7.65.